The Hall–Kier alpha value is -1.81. The van der Waals surface area contributed by atoms with E-state index in [0.29, 0.717) is 12.2 Å². The summed E-state index contributed by atoms with van der Waals surface area (Å²) < 4.78 is 0. The molecule has 1 aromatic carbocycles. The summed E-state index contributed by atoms with van der Waals surface area (Å²) in [7, 11) is 0. The van der Waals surface area contributed by atoms with Crippen LogP contribution in [0.1, 0.15) is 31.5 Å². The number of hydrogen-bond acceptors (Lipinski definition) is 2. The number of carbonyl (C=O) groups is 1. The van der Waals surface area contributed by atoms with Crippen LogP contribution in [0.2, 0.25) is 0 Å². The van der Waals surface area contributed by atoms with Gasteiger partial charge in [-0.1, -0.05) is 31.5 Å². The second-order valence-electron chi connectivity index (χ2n) is 4.39. The number of benzene rings is 1. The van der Waals surface area contributed by atoms with Crippen molar-refractivity contribution in [2.75, 3.05) is 6.54 Å². The molecule has 0 amide bonds. The number of aliphatic carboxylic acids is 1. The van der Waals surface area contributed by atoms with E-state index in [1.807, 2.05) is 30.3 Å². The Morgan fingerprint density at radius 2 is 2.22 bits per heavy atom. The maximum Gasteiger partial charge on any atom is 0.326 e. The number of nitrogens with one attached hydrogen (secondary N) is 2. The minimum Gasteiger partial charge on any atom is -0.480 e. The van der Waals surface area contributed by atoms with Crippen molar-refractivity contribution in [2.45, 2.75) is 25.8 Å². The molecule has 2 rings (SSSR count). The molecule has 0 aliphatic carbocycles. The monoisotopic (exact) mass is 246 g/mol. The molecule has 3 N–H and O–H groups in total. The van der Waals surface area contributed by atoms with Gasteiger partial charge in [0, 0.05) is 11.2 Å². The zero-order chi connectivity index (χ0) is 13.0. The van der Waals surface area contributed by atoms with Crippen LogP contribution in [-0.2, 0) is 4.79 Å². The Bertz CT molecular complexity index is 500. The van der Waals surface area contributed by atoms with Gasteiger partial charge >= 0.3 is 5.97 Å². The van der Waals surface area contributed by atoms with Gasteiger partial charge < -0.3 is 10.1 Å². The van der Waals surface area contributed by atoms with Crippen LogP contribution >= 0.6 is 0 Å². The lowest BCUT2D eigenvalue weighted by Gasteiger charge is -2.12. The third-order valence-electron chi connectivity index (χ3n) is 2.99. The number of aromatic nitrogens is 1. The third kappa shape index (κ3) is 2.71. The first-order valence-corrected chi connectivity index (χ1v) is 6.26. The standard InChI is InChI=1S/C14H18N2O2/c1-2-3-8-15-13(14(17)18)12-9-10-6-4-5-7-11(10)16-12/h4-7,9,13,15-16H,2-3,8H2,1H3,(H,17,18)/t13-/m0/s1. The highest BCUT2D eigenvalue weighted by Crippen LogP contribution is 2.20. The van der Waals surface area contributed by atoms with E-state index in [9.17, 15) is 9.90 Å². The number of hydrogen-bond donors (Lipinski definition) is 3. The van der Waals surface area contributed by atoms with Gasteiger partial charge in [-0.05, 0) is 30.5 Å². The number of unbranched alkanes of at least 4 members (excludes halogenated alkanes) is 1. The molecule has 0 aliphatic heterocycles. The van der Waals surface area contributed by atoms with Crippen molar-refractivity contribution >= 4 is 16.9 Å². The summed E-state index contributed by atoms with van der Waals surface area (Å²) in [4.78, 5) is 14.4. The van der Waals surface area contributed by atoms with Crippen molar-refractivity contribution in [2.24, 2.45) is 0 Å². The number of aromatic amines is 1. The summed E-state index contributed by atoms with van der Waals surface area (Å²) >= 11 is 0. The van der Waals surface area contributed by atoms with E-state index < -0.39 is 12.0 Å². The van der Waals surface area contributed by atoms with Crippen molar-refractivity contribution < 1.29 is 9.90 Å². The van der Waals surface area contributed by atoms with E-state index in [-0.39, 0.29) is 0 Å². The van der Waals surface area contributed by atoms with Crippen LogP contribution < -0.4 is 5.32 Å². The first kappa shape index (κ1) is 12.6. The largest absolute Gasteiger partial charge is 0.480 e. The van der Waals surface area contributed by atoms with Crippen LogP contribution in [0.5, 0.6) is 0 Å². The van der Waals surface area contributed by atoms with Gasteiger partial charge in [0.15, 0.2) is 0 Å². The van der Waals surface area contributed by atoms with Crippen molar-refractivity contribution in [1.82, 2.24) is 10.3 Å². The maximum absolute atomic E-state index is 11.3. The highest BCUT2D eigenvalue weighted by Gasteiger charge is 2.20. The van der Waals surface area contributed by atoms with Crippen molar-refractivity contribution in [3.8, 4) is 0 Å². The molecule has 0 unspecified atom stereocenters. The number of carboxylic acid groups (broad SMARTS) is 1. The van der Waals surface area contributed by atoms with Crippen LogP contribution in [0.15, 0.2) is 30.3 Å². The molecule has 0 spiro atoms. The van der Waals surface area contributed by atoms with Crippen LogP contribution in [0, 0.1) is 0 Å². The molecular weight excluding hydrogens is 228 g/mol. The van der Waals surface area contributed by atoms with Crippen LogP contribution in [0.4, 0.5) is 0 Å². The summed E-state index contributed by atoms with van der Waals surface area (Å²) in [6.07, 6.45) is 2.02. The Labute approximate surface area is 106 Å². The Morgan fingerprint density at radius 3 is 2.89 bits per heavy atom. The minimum absolute atomic E-state index is 0.663. The summed E-state index contributed by atoms with van der Waals surface area (Å²) in [5, 5.41) is 13.4. The zero-order valence-electron chi connectivity index (χ0n) is 10.4. The number of para-hydroxylation sites is 1. The van der Waals surface area contributed by atoms with Gasteiger partial charge in [0.25, 0.3) is 0 Å². The highest BCUT2D eigenvalue weighted by atomic mass is 16.4. The summed E-state index contributed by atoms with van der Waals surface area (Å²) in [5.74, 6) is -0.849. The van der Waals surface area contributed by atoms with E-state index in [4.69, 9.17) is 0 Å². The number of carboxylic acids is 1. The predicted octanol–water partition coefficient (Wildman–Crippen LogP) is 2.68. The van der Waals surface area contributed by atoms with E-state index in [1.165, 1.54) is 0 Å². The van der Waals surface area contributed by atoms with Crippen molar-refractivity contribution in [3.05, 3.63) is 36.0 Å². The minimum atomic E-state index is -0.849. The average molecular weight is 246 g/mol. The Morgan fingerprint density at radius 1 is 1.44 bits per heavy atom. The quantitative estimate of drug-likeness (QED) is 0.686. The molecule has 0 bridgehead atoms. The topological polar surface area (TPSA) is 65.1 Å². The van der Waals surface area contributed by atoms with Crippen LogP contribution in [-0.4, -0.2) is 22.6 Å². The first-order chi connectivity index (χ1) is 8.72. The van der Waals surface area contributed by atoms with Gasteiger partial charge in [-0.2, -0.15) is 0 Å². The normalized spacial score (nSPS) is 12.7. The maximum atomic E-state index is 11.3. The van der Waals surface area contributed by atoms with E-state index in [1.54, 1.807) is 0 Å². The van der Waals surface area contributed by atoms with Gasteiger partial charge in [-0.3, -0.25) is 10.1 Å². The molecule has 0 fully saturated rings. The lowest BCUT2D eigenvalue weighted by molar-refractivity contribution is -0.139. The second-order valence-corrected chi connectivity index (χ2v) is 4.39. The molecule has 1 atom stereocenters. The van der Waals surface area contributed by atoms with Crippen molar-refractivity contribution in [3.63, 3.8) is 0 Å². The zero-order valence-corrected chi connectivity index (χ0v) is 10.4. The molecule has 96 valence electrons. The molecular formula is C14H18N2O2. The SMILES string of the molecule is CCCCN[C@H](C(=O)O)c1cc2ccccc2[nH]1. The molecule has 4 nitrogen and oxygen atoms in total. The number of rotatable bonds is 6. The molecule has 4 heteroatoms. The van der Waals surface area contributed by atoms with E-state index in [0.717, 1.165) is 23.7 Å². The predicted molar refractivity (Wildman–Crippen MR) is 71.6 cm³/mol. The Balaban J connectivity index is 2.21. The fourth-order valence-electron chi connectivity index (χ4n) is 2.00. The number of fused-ring (bicyclic) bond motifs is 1. The van der Waals surface area contributed by atoms with E-state index >= 15 is 0 Å². The molecule has 1 heterocycles. The molecule has 18 heavy (non-hydrogen) atoms. The molecule has 0 saturated heterocycles. The summed E-state index contributed by atoms with van der Waals surface area (Å²) in [6.45, 7) is 2.79. The van der Waals surface area contributed by atoms with Gasteiger partial charge in [-0.25, -0.2) is 0 Å². The molecule has 0 radical (unpaired) electrons. The lowest BCUT2D eigenvalue weighted by atomic mass is 10.2. The first-order valence-electron chi connectivity index (χ1n) is 6.26. The molecule has 1 aromatic heterocycles. The van der Waals surface area contributed by atoms with Gasteiger partial charge in [-0.15, -0.1) is 0 Å². The molecule has 2 aromatic rings. The van der Waals surface area contributed by atoms with Gasteiger partial charge in [0.1, 0.15) is 6.04 Å². The fraction of sp³-hybridized carbons (Fsp3) is 0.357. The fourth-order valence-corrected chi connectivity index (χ4v) is 2.00. The van der Waals surface area contributed by atoms with E-state index in [2.05, 4.69) is 17.2 Å². The highest BCUT2D eigenvalue weighted by molar-refractivity contribution is 5.83. The van der Waals surface area contributed by atoms with Gasteiger partial charge in [0.2, 0.25) is 0 Å². The van der Waals surface area contributed by atoms with Crippen LogP contribution in [0.3, 0.4) is 0 Å². The molecule has 0 aliphatic rings. The van der Waals surface area contributed by atoms with Crippen LogP contribution in [0.25, 0.3) is 10.9 Å². The lowest BCUT2D eigenvalue weighted by Crippen LogP contribution is -2.29. The van der Waals surface area contributed by atoms with Crippen molar-refractivity contribution in [1.29, 1.82) is 0 Å². The average Bonchev–Trinajstić information content (AvgIpc) is 2.77. The summed E-state index contributed by atoms with van der Waals surface area (Å²) in [6, 6.07) is 9.03. The van der Waals surface area contributed by atoms with Gasteiger partial charge in [0.05, 0.1) is 0 Å². The third-order valence-corrected chi connectivity index (χ3v) is 2.99. The second kappa shape index (κ2) is 5.69. The Kier molecular flexibility index (Phi) is 3.99. The smallest absolute Gasteiger partial charge is 0.326 e. The number of H-pyrrole nitrogens is 1. The summed E-state index contributed by atoms with van der Waals surface area (Å²) in [5.41, 5.74) is 1.68. The molecule has 0 saturated carbocycles.